The summed E-state index contributed by atoms with van der Waals surface area (Å²) in [7, 11) is 0. The molecule has 0 spiro atoms. The normalized spacial score (nSPS) is 11.0. The molecule has 4 rings (SSSR count). The Labute approximate surface area is 137 Å². The van der Waals surface area contributed by atoms with Crippen molar-refractivity contribution in [3.63, 3.8) is 0 Å². The van der Waals surface area contributed by atoms with Crippen molar-refractivity contribution in [3.8, 4) is 22.6 Å². The summed E-state index contributed by atoms with van der Waals surface area (Å²) in [6.45, 7) is 1.93. The van der Waals surface area contributed by atoms with Crippen molar-refractivity contribution in [1.82, 2.24) is 0 Å². The molecule has 0 aromatic heterocycles. The van der Waals surface area contributed by atoms with Gasteiger partial charge in [0.25, 0.3) is 0 Å². The second-order valence-corrected chi connectivity index (χ2v) is 5.35. The fraction of sp³-hybridized carbons (Fsp3) is 0.143. The molecule has 0 aliphatic heterocycles. The van der Waals surface area contributed by atoms with Gasteiger partial charge >= 0.3 is 0 Å². The predicted octanol–water partition coefficient (Wildman–Crippen LogP) is 5.05. The van der Waals surface area contributed by atoms with E-state index >= 15 is 0 Å². The smallest absolute Gasteiger partial charge is 0.131 e. The molecule has 0 saturated heterocycles. The molecule has 116 valence electrons. The first kappa shape index (κ1) is 15.3. The summed E-state index contributed by atoms with van der Waals surface area (Å²) in [5.41, 5.74) is 5.30. The molecule has 2 nitrogen and oxygen atoms in total. The SMILES string of the molecule is CCO.c1ccc(Oc2cccc3c2Cc2ccccc2-3)cc1. The molecule has 0 atom stereocenters. The van der Waals surface area contributed by atoms with Gasteiger partial charge < -0.3 is 9.84 Å². The van der Waals surface area contributed by atoms with Crippen molar-refractivity contribution in [2.45, 2.75) is 13.3 Å². The largest absolute Gasteiger partial charge is 0.457 e. The fourth-order valence-electron chi connectivity index (χ4n) is 2.84. The number of fused-ring (bicyclic) bond motifs is 3. The maximum absolute atomic E-state index is 7.57. The molecule has 0 radical (unpaired) electrons. The van der Waals surface area contributed by atoms with Crippen LogP contribution >= 0.6 is 0 Å². The Morgan fingerprint density at radius 1 is 0.826 bits per heavy atom. The van der Waals surface area contributed by atoms with Crippen molar-refractivity contribution in [3.05, 3.63) is 83.9 Å². The third kappa shape index (κ3) is 3.27. The van der Waals surface area contributed by atoms with Gasteiger partial charge in [-0.1, -0.05) is 54.6 Å². The fourth-order valence-corrected chi connectivity index (χ4v) is 2.84. The summed E-state index contributed by atoms with van der Waals surface area (Å²) in [4.78, 5) is 0. The van der Waals surface area contributed by atoms with E-state index in [4.69, 9.17) is 9.84 Å². The molecule has 23 heavy (non-hydrogen) atoms. The second-order valence-electron chi connectivity index (χ2n) is 5.35. The third-order valence-corrected chi connectivity index (χ3v) is 3.78. The average molecular weight is 304 g/mol. The molecular weight excluding hydrogens is 284 g/mol. The first-order valence-electron chi connectivity index (χ1n) is 7.87. The van der Waals surface area contributed by atoms with Crippen LogP contribution < -0.4 is 4.74 Å². The van der Waals surface area contributed by atoms with E-state index in [9.17, 15) is 0 Å². The number of aliphatic hydroxyl groups is 1. The Hall–Kier alpha value is -2.58. The van der Waals surface area contributed by atoms with Gasteiger partial charge in [0, 0.05) is 18.6 Å². The summed E-state index contributed by atoms with van der Waals surface area (Å²) in [6.07, 6.45) is 0.953. The number of rotatable bonds is 2. The second kappa shape index (κ2) is 7.12. The number of hydrogen-bond donors (Lipinski definition) is 1. The molecule has 0 amide bonds. The van der Waals surface area contributed by atoms with Gasteiger partial charge in [-0.2, -0.15) is 0 Å². The number of ether oxygens (including phenoxy) is 1. The van der Waals surface area contributed by atoms with Crippen LogP contribution in [-0.4, -0.2) is 11.7 Å². The Kier molecular flexibility index (Phi) is 4.74. The molecule has 3 aromatic rings. The van der Waals surface area contributed by atoms with E-state index in [0.717, 1.165) is 17.9 Å². The van der Waals surface area contributed by atoms with Crippen molar-refractivity contribution >= 4 is 0 Å². The zero-order valence-corrected chi connectivity index (χ0v) is 13.2. The number of para-hydroxylation sites is 1. The topological polar surface area (TPSA) is 29.5 Å². The molecule has 0 saturated carbocycles. The van der Waals surface area contributed by atoms with Crippen molar-refractivity contribution in [1.29, 1.82) is 0 Å². The highest BCUT2D eigenvalue weighted by molar-refractivity contribution is 5.79. The van der Waals surface area contributed by atoms with E-state index in [1.165, 1.54) is 22.3 Å². The van der Waals surface area contributed by atoms with Crippen LogP contribution in [0.5, 0.6) is 11.5 Å². The predicted molar refractivity (Wildman–Crippen MR) is 94.0 cm³/mol. The summed E-state index contributed by atoms with van der Waals surface area (Å²) in [5.74, 6) is 1.85. The standard InChI is InChI=1S/C19H14O.C2H6O/c1-2-8-15(9-3-1)20-19-12-6-11-17-16-10-5-4-7-14(16)13-18(17)19;1-2-3/h1-12H,13H2;3H,2H2,1H3. The molecule has 1 aliphatic rings. The van der Waals surface area contributed by atoms with Crippen molar-refractivity contribution in [2.24, 2.45) is 0 Å². The monoisotopic (exact) mass is 304 g/mol. The Morgan fingerprint density at radius 3 is 2.26 bits per heavy atom. The number of hydrogen-bond acceptors (Lipinski definition) is 2. The van der Waals surface area contributed by atoms with Gasteiger partial charge in [-0.3, -0.25) is 0 Å². The molecule has 1 N–H and O–H groups in total. The highest BCUT2D eigenvalue weighted by Gasteiger charge is 2.21. The first-order valence-corrected chi connectivity index (χ1v) is 7.87. The highest BCUT2D eigenvalue weighted by atomic mass is 16.5. The molecule has 2 heteroatoms. The van der Waals surface area contributed by atoms with Crippen LogP contribution in [-0.2, 0) is 6.42 Å². The minimum atomic E-state index is 0.250. The maximum Gasteiger partial charge on any atom is 0.131 e. The minimum absolute atomic E-state index is 0.250. The third-order valence-electron chi connectivity index (χ3n) is 3.78. The quantitative estimate of drug-likeness (QED) is 0.561. The highest BCUT2D eigenvalue weighted by Crippen LogP contribution is 2.42. The van der Waals surface area contributed by atoms with Gasteiger partial charge in [-0.25, -0.2) is 0 Å². The molecule has 1 aliphatic carbocycles. The zero-order valence-electron chi connectivity index (χ0n) is 13.2. The Morgan fingerprint density at radius 2 is 1.48 bits per heavy atom. The van der Waals surface area contributed by atoms with Crippen LogP contribution in [0.2, 0.25) is 0 Å². The van der Waals surface area contributed by atoms with Gasteiger partial charge in [0.05, 0.1) is 0 Å². The lowest BCUT2D eigenvalue weighted by Crippen LogP contribution is -1.90. The molecule has 0 fully saturated rings. The zero-order chi connectivity index (χ0) is 16.1. The first-order chi connectivity index (χ1) is 11.3. The van der Waals surface area contributed by atoms with Crippen molar-refractivity contribution in [2.75, 3.05) is 6.61 Å². The lowest BCUT2D eigenvalue weighted by atomic mass is 10.1. The maximum atomic E-state index is 7.57. The molecule has 0 unspecified atom stereocenters. The van der Waals surface area contributed by atoms with Gasteiger partial charge in [0.1, 0.15) is 11.5 Å². The lowest BCUT2D eigenvalue weighted by Gasteiger charge is -2.10. The summed E-state index contributed by atoms with van der Waals surface area (Å²) in [5, 5.41) is 7.57. The number of aliphatic hydroxyl groups excluding tert-OH is 1. The van der Waals surface area contributed by atoms with Crippen LogP contribution in [0, 0.1) is 0 Å². The number of benzene rings is 3. The van der Waals surface area contributed by atoms with Gasteiger partial charge in [0.15, 0.2) is 0 Å². The lowest BCUT2D eigenvalue weighted by molar-refractivity contribution is 0.318. The summed E-state index contributed by atoms with van der Waals surface area (Å²) >= 11 is 0. The minimum Gasteiger partial charge on any atom is -0.457 e. The van der Waals surface area contributed by atoms with E-state index in [0.29, 0.717) is 0 Å². The van der Waals surface area contributed by atoms with E-state index in [-0.39, 0.29) is 6.61 Å². The molecule has 0 bridgehead atoms. The molecule has 0 heterocycles. The average Bonchev–Trinajstić information content (AvgIpc) is 2.97. The van der Waals surface area contributed by atoms with Crippen LogP contribution in [0.15, 0.2) is 72.8 Å². The van der Waals surface area contributed by atoms with Crippen LogP contribution in [0.1, 0.15) is 18.1 Å². The van der Waals surface area contributed by atoms with Gasteiger partial charge in [-0.15, -0.1) is 0 Å². The van der Waals surface area contributed by atoms with E-state index in [1.807, 2.05) is 30.3 Å². The van der Waals surface area contributed by atoms with E-state index in [2.05, 4.69) is 42.5 Å². The van der Waals surface area contributed by atoms with Gasteiger partial charge in [0.2, 0.25) is 0 Å². The Balaban J connectivity index is 0.000000485. The van der Waals surface area contributed by atoms with Crippen molar-refractivity contribution < 1.29 is 9.84 Å². The van der Waals surface area contributed by atoms with E-state index < -0.39 is 0 Å². The van der Waals surface area contributed by atoms with Gasteiger partial charge in [-0.05, 0) is 41.8 Å². The Bertz CT molecular complexity index is 779. The molecular formula is C21H20O2. The molecule has 3 aromatic carbocycles. The summed E-state index contributed by atoms with van der Waals surface area (Å²) in [6, 6.07) is 24.8. The van der Waals surface area contributed by atoms with Crippen LogP contribution in [0.4, 0.5) is 0 Å². The van der Waals surface area contributed by atoms with E-state index in [1.54, 1.807) is 6.92 Å². The van der Waals surface area contributed by atoms with Crippen LogP contribution in [0.25, 0.3) is 11.1 Å². The summed E-state index contributed by atoms with van der Waals surface area (Å²) < 4.78 is 6.05. The van der Waals surface area contributed by atoms with Crippen LogP contribution in [0.3, 0.4) is 0 Å².